The third kappa shape index (κ3) is 2.53. The summed E-state index contributed by atoms with van der Waals surface area (Å²) in [6.07, 6.45) is 8.19. The number of rotatable bonds is 4. The van der Waals surface area contributed by atoms with E-state index >= 15 is 0 Å². The molecule has 1 heterocycles. The smallest absolute Gasteiger partial charge is 0.307 e. The molecule has 1 amide bonds. The highest BCUT2D eigenvalue weighted by atomic mass is 32.1. The number of aryl methyl sites for hydroxylation is 1. The van der Waals surface area contributed by atoms with Gasteiger partial charge < -0.3 is 5.32 Å². The minimum atomic E-state index is -0.0394. The molecular formula is C17H24N2O2S. The Hall–Kier alpha value is -1.10. The minimum absolute atomic E-state index is 0.0145. The number of nitrogens with one attached hydrogen (secondary N) is 1. The maximum Gasteiger partial charge on any atom is 0.307 e. The second-order valence-corrected chi connectivity index (χ2v) is 8.74. The Kier molecular flexibility index (Phi) is 3.44. The van der Waals surface area contributed by atoms with E-state index in [1.807, 2.05) is 12.3 Å². The molecule has 0 aliphatic heterocycles. The summed E-state index contributed by atoms with van der Waals surface area (Å²) in [6.45, 7) is 2.86. The fourth-order valence-electron chi connectivity index (χ4n) is 5.59. The van der Waals surface area contributed by atoms with Crippen molar-refractivity contribution in [3.05, 3.63) is 20.7 Å². The van der Waals surface area contributed by atoms with Gasteiger partial charge in [-0.2, -0.15) is 0 Å². The van der Waals surface area contributed by atoms with Crippen LogP contribution in [-0.2, 0) is 11.3 Å². The summed E-state index contributed by atoms with van der Waals surface area (Å²) in [5.74, 6) is 2.71. The first-order valence-electron chi connectivity index (χ1n) is 8.45. The van der Waals surface area contributed by atoms with E-state index in [0.717, 1.165) is 30.0 Å². The average molecular weight is 320 g/mol. The summed E-state index contributed by atoms with van der Waals surface area (Å²) in [5.41, 5.74) is 1.24. The van der Waals surface area contributed by atoms with E-state index in [-0.39, 0.29) is 17.3 Å². The molecule has 0 unspecified atom stereocenters. The van der Waals surface area contributed by atoms with Crippen molar-refractivity contribution in [2.75, 3.05) is 6.54 Å². The Morgan fingerprint density at radius 1 is 1.27 bits per heavy atom. The van der Waals surface area contributed by atoms with E-state index in [1.165, 1.54) is 49.9 Å². The minimum Gasteiger partial charge on any atom is -0.354 e. The molecule has 4 nitrogen and oxygen atoms in total. The maximum absolute atomic E-state index is 12.2. The van der Waals surface area contributed by atoms with Gasteiger partial charge in [0.1, 0.15) is 6.54 Å². The van der Waals surface area contributed by atoms with Crippen molar-refractivity contribution in [2.24, 2.45) is 23.2 Å². The molecule has 4 fully saturated rings. The van der Waals surface area contributed by atoms with Crippen LogP contribution in [-0.4, -0.2) is 17.0 Å². The zero-order valence-electron chi connectivity index (χ0n) is 13.1. The largest absolute Gasteiger partial charge is 0.354 e. The van der Waals surface area contributed by atoms with Gasteiger partial charge in [-0.3, -0.25) is 14.2 Å². The van der Waals surface area contributed by atoms with Crippen LogP contribution in [0.15, 0.2) is 10.2 Å². The summed E-state index contributed by atoms with van der Waals surface area (Å²) in [5, 5.41) is 4.95. The molecule has 4 aliphatic carbocycles. The van der Waals surface area contributed by atoms with Gasteiger partial charge in [-0.25, -0.2) is 0 Å². The van der Waals surface area contributed by atoms with Gasteiger partial charge in [-0.1, -0.05) is 11.3 Å². The summed E-state index contributed by atoms with van der Waals surface area (Å²) < 4.78 is 1.57. The summed E-state index contributed by atoms with van der Waals surface area (Å²) in [6, 6.07) is 0. The predicted molar refractivity (Wildman–Crippen MR) is 86.9 cm³/mol. The van der Waals surface area contributed by atoms with E-state index in [1.54, 1.807) is 4.57 Å². The van der Waals surface area contributed by atoms with Gasteiger partial charge in [0.05, 0.1) is 0 Å². The summed E-state index contributed by atoms with van der Waals surface area (Å²) in [4.78, 5) is 23.9. The molecule has 0 aromatic carbocycles. The third-order valence-electron chi connectivity index (χ3n) is 6.10. The number of aromatic nitrogens is 1. The van der Waals surface area contributed by atoms with Gasteiger partial charge in [0.2, 0.25) is 5.91 Å². The molecule has 120 valence electrons. The van der Waals surface area contributed by atoms with E-state index in [2.05, 4.69) is 5.32 Å². The second kappa shape index (κ2) is 5.22. The first-order valence-corrected chi connectivity index (χ1v) is 9.33. The Bertz CT molecular complexity index is 610. The Labute approximate surface area is 134 Å². The number of carbonyl (C=O) groups is 1. The number of nitrogens with zero attached hydrogens (tertiary/aromatic N) is 1. The van der Waals surface area contributed by atoms with Crippen LogP contribution in [0.4, 0.5) is 0 Å². The Morgan fingerprint density at radius 3 is 2.36 bits per heavy atom. The molecule has 0 radical (unpaired) electrons. The molecule has 1 aromatic rings. The highest BCUT2D eigenvalue weighted by Gasteiger charge is 2.50. The van der Waals surface area contributed by atoms with Crippen LogP contribution in [0.2, 0.25) is 0 Å². The van der Waals surface area contributed by atoms with Gasteiger partial charge in [0.25, 0.3) is 0 Å². The van der Waals surface area contributed by atoms with Crippen molar-refractivity contribution in [3.8, 4) is 0 Å². The summed E-state index contributed by atoms with van der Waals surface area (Å²) in [7, 11) is 0. The molecule has 0 atom stereocenters. The molecular weight excluding hydrogens is 296 g/mol. The second-order valence-electron chi connectivity index (χ2n) is 7.92. The molecule has 0 spiro atoms. The molecule has 1 aromatic heterocycles. The molecule has 4 bridgehead atoms. The van der Waals surface area contributed by atoms with Crippen LogP contribution >= 0.6 is 11.3 Å². The first-order chi connectivity index (χ1) is 10.5. The van der Waals surface area contributed by atoms with Crippen molar-refractivity contribution < 1.29 is 4.79 Å². The SMILES string of the molecule is Cc1csc(=O)n1CC(=O)NCC12CC3CC(CC(C3)C1)C2. The van der Waals surface area contributed by atoms with E-state index in [9.17, 15) is 9.59 Å². The standard InChI is InChI=1S/C17H24N2O2S/c1-11-9-22-16(21)19(11)8-15(20)18-10-17-5-12-2-13(6-17)4-14(3-12)7-17/h9,12-14H,2-8,10H2,1H3,(H,18,20). The van der Waals surface area contributed by atoms with Crippen LogP contribution in [0.3, 0.4) is 0 Å². The van der Waals surface area contributed by atoms with Gasteiger partial charge in [-0.15, -0.1) is 0 Å². The van der Waals surface area contributed by atoms with E-state index in [0.29, 0.717) is 5.41 Å². The lowest BCUT2D eigenvalue weighted by Gasteiger charge is -2.56. The van der Waals surface area contributed by atoms with Crippen molar-refractivity contribution in [2.45, 2.75) is 52.0 Å². The Balaban J connectivity index is 1.38. The number of thiazole rings is 1. The molecule has 1 N–H and O–H groups in total. The lowest BCUT2D eigenvalue weighted by Crippen LogP contribution is -2.51. The van der Waals surface area contributed by atoms with Gasteiger partial charge >= 0.3 is 4.87 Å². The van der Waals surface area contributed by atoms with E-state index in [4.69, 9.17) is 0 Å². The van der Waals surface area contributed by atoms with Crippen molar-refractivity contribution >= 4 is 17.2 Å². The quantitative estimate of drug-likeness (QED) is 0.927. The average Bonchev–Trinajstić information content (AvgIpc) is 2.76. The number of hydrogen-bond acceptors (Lipinski definition) is 3. The molecule has 4 aliphatic rings. The molecule has 4 saturated carbocycles. The van der Waals surface area contributed by atoms with Crippen molar-refractivity contribution in [3.63, 3.8) is 0 Å². The summed E-state index contributed by atoms with van der Waals surface area (Å²) >= 11 is 1.17. The van der Waals surface area contributed by atoms with Crippen LogP contribution in [0.5, 0.6) is 0 Å². The van der Waals surface area contributed by atoms with Gasteiger partial charge in [0.15, 0.2) is 0 Å². The van der Waals surface area contributed by atoms with Gasteiger partial charge in [-0.05, 0) is 68.6 Å². The third-order valence-corrected chi connectivity index (χ3v) is 6.98. The first kappa shape index (κ1) is 14.5. The fourth-order valence-corrected chi connectivity index (χ4v) is 6.32. The van der Waals surface area contributed by atoms with E-state index < -0.39 is 0 Å². The normalized spacial score (nSPS) is 35.8. The molecule has 5 rings (SSSR count). The van der Waals surface area contributed by atoms with Crippen molar-refractivity contribution in [1.82, 2.24) is 9.88 Å². The van der Waals surface area contributed by atoms with Crippen LogP contribution < -0.4 is 10.2 Å². The maximum atomic E-state index is 12.2. The van der Waals surface area contributed by atoms with Gasteiger partial charge in [0, 0.05) is 17.6 Å². The Morgan fingerprint density at radius 2 is 1.86 bits per heavy atom. The highest BCUT2D eigenvalue weighted by Crippen LogP contribution is 2.59. The van der Waals surface area contributed by atoms with Crippen LogP contribution in [0, 0.1) is 30.1 Å². The highest BCUT2D eigenvalue weighted by molar-refractivity contribution is 7.07. The molecule has 0 saturated heterocycles. The molecule has 5 heteroatoms. The number of amides is 1. The predicted octanol–water partition coefficient (Wildman–Crippen LogP) is 2.55. The lowest BCUT2D eigenvalue weighted by atomic mass is 9.49. The van der Waals surface area contributed by atoms with Crippen LogP contribution in [0.25, 0.3) is 0 Å². The number of hydrogen-bond donors (Lipinski definition) is 1. The molecule has 22 heavy (non-hydrogen) atoms. The lowest BCUT2D eigenvalue weighted by molar-refractivity contribution is -0.123. The zero-order chi connectivity index (χ0) is 15.3. The topological polar surface area (TPSA) is 51.1 Å². The number of carbonyl (C=O) groups excluding carboxylic acids is 1. The van der Waals surface area contributed by atoms with Crippen LogP contribution in [0.1, 0.15) is 44.2 Å². The van der Waals surface area contributed by atoms with Crippen molar-refractivity contribution in [1.29, 1.82) is 0 Å². The monoisotopic (exact) mass is 320 g/mol. The zero-order valence-corrected chi connectivity index (χ0v) is 14.0. The fraction of sp³-hybridized carbons (Fsp3) is 0.765.